The van der Waals surface area contributed by atoms with Gasteiger partial charge in [0, 0.05) is 4.47 Å². The maximum absolute atomic E-state index is 11.1. The molecule has 0 aliphatic rings. The second kappa shape index (κ2) is 8.05. The van der Waals surface area contributed by atoms with Gasteiger partial charge in [-0.3, -0.25) is 9.69 Å². The summed E-state index contributed by atoms with van der Waals surface area (Å²) in [5, 5.41) is 8.13. The largest absolute Gasteiger partial charge is 0.419 e. The predicted molar refractivity (Wildman–Crippen MR) is 86.8 cm³/mol. The standard InChI is InChI=1S/C15H19BrN4O2/c1-2-3-8-20(9-13(17)21)10-14-18-19-15(22-14)11-6-4-5-7-12(11)16/h4-7H,2-3,8-10H2,1H3,(H2,17,21). The molecule has 1 aromatic heterocycles. The number of halogens is 1. The molecule has 0 spiro atoms. The fraction of sp³-hybridized carbons (Fsp3) is 0.400. The number of aromatic nitrogens is 2. The number of nitrogens with two attached hydrogens (primary N) is 1. The summed E-state index contributed by atoms with van der Waals surface area (Å²) in [4.78, 5) is 13.1. The van der Waals surface area contributed by atoms with Crippen molar-refractivity contribution in [2.45, 2.75) is 26.3 Å². The Hall–Kier alpha value is -1.73. The average Bonchev–Trinajstić information content (AvgIpc) is 2.93. The number of carbonyl (C=O) groups excluding carboxylic acids is 1. The molecule has 2 rings (SSSR count). The lowest BCUT2D eigenvalue weighted by atomic mass is 10.2. The molecule has 7 heteroatoms. The van der Waals surface area contributed by atoms with Crippen LogP contribution in [0.15, 0.2) is 33.2 Å². The molecule has 2 aromatic rings. The molecule has 0 saturated heterocycles. The minimum atomic E-state index is -0.360. The topological polar surface area (TPSA) is 85.2 Å². The van der Waals surface area contributed by atoms with Crippen molar-refractivity contribution in [3.05, 3.63) is 34.6 Å². The van der Waals surface area contributed by atoms with Gasteiger partial charge in [-0.1, -0.05) is 25.5 Å². The molecule has 1 aromatic carbocycles. The fourth-order valence-corrected chi connectivity index (χ4v) is 2.52. The van der Waals surface area contributed by atoms with Crippen LogP contribution in [0.3, 0.4) is 0 Å². The van der Waals surface area contributed by atoms with Gasteiger partial charge in [-0.2, -0.15) is 0 Å². The predicted octanol–water partition coefficient (Wildman–Crippen LogP) is 2.59. The van der Waals surface area contributed by atoms with E-state index in [9.17, 15) is 4.79 Å². The molecule has 1 amide bonds. The van der Waals surface area contributed by atoms with Gasteiger partial charge in [-0.15, -0.1) is 10.2 Å². The first-order chi connectivity index (χ1) is 10.6. The highest BCUT2D eigenvalue weighted by Gasteiger charge is 2.15. The fourth-order valence-electron chi connectivity index (χ4n) is 2.07. The second-order valence-electron chi connectivity index (χ2n) is 5.01. The van der Waals surface area contributed by atoms with Crippen LogP contribution >= 0.6 is 15.9 Å². The lowest BCUT2D eigenvalue weighted by Gasteiger charge is -2.17. The Morgan fingerprint density at radius 2 is 2.14 bits per heavy atom. The van der Waals surface area contributed by atoms with Crippen molar-refractivity contribution in [3.8, 4) is 11.5 Å². The van der Waals surface area contributed by atoms with Gasteiger partial charge in [0.15, 0.2) is 0 Å². The van der Waals surface area contributed by atoms with Crippen LogP contribution in [0, 0.1) is 0 Å². The third-order valence-corrected chi connectivity index (χ3v) is 3.83. The number of carbonyl (C=O) groups is 1. The zero-order valence-corrected chi connectivity index (χ0v) is 14.0. The first-order valence-electron chi connectivity index (χ1n) is 7.18. The van der Waals surface area contributed by atoms with E-state index in [1.807, 2.05) is 29.2 Å². The Morgan fingerprint density at radius 3 is 2.82 bits per heavy atom. The SMILES string of the molecule is CCCCN(CC(N)=O)Cc1nnc(-c2ccccc2Br)o1. The van der Waals surface area contributed by atoms with Gasteiger partial charge in [0.25, 0.3) is 0 Å². The van der Waals surface area contributed by atoms with E-state index in [-0.39, 0.29) is 12.5 Å². The molecule has 0 radical (unpaired) electrons. The number of hydrogen-bond acceptors (Lipinski definition) is 5. The van der Waals surface area contributed by atoms with Gasteiger partial charge < -0.3 is 10.2 Å². The van der Waals surface area contributed by atoms with E-state index in [2.05, 4.69) is 33.1 Å². The molecule has 0 saturated carbocycles. The lowest BCUT2D eigenvalue weighted by Crippen LogP contribution is -2.34. The van der Waals surface area contributed by atoms with Crippen molar-refractivity contribution in [2.75, 3.05) is 13.1 Å². The third kappa shape index (κ3) is 4.64. The van der Waals surface area contributed by atoms with Gasteiger partial charge in [0.1, 0.15) is 0 Å². The number of primary amides is 1. The number of hydrogen-bond donors (Lipinski definition) is 1. The number of benzene rings is 1. The normalized spacial score (nSPS) is 11.0. The summed E-state index contributed by atoms with van der Waals surface area (Å²) in [7, 11) is 0. The van der Waals surface area contributed by atoms with E-state index in [0.29, 0.717) is 18.3 Å². The van der Waals surface area contributed by atoms with Crippen LogP contribution in [-0.2, 0) is 11.3 Å². The number of nitrogens with zero attached hydrogens (tertiary/aromatic N) is 3. The van der Waals surface area contributed by atoms with E-state index in [0.717, 1.165) is 29.4 Å². The summed E-state index contributed by atoms with van der Waals surface area (Å²) in [6.45, 7) is 3.47. The van der Waals surface area contributed by atoms with Crippen LogP contribution in [0.4, 0.5) is 0 Å². The highest BCUT2D eigenvalue weighted by Crippen LogP contribution is 2.26. The molecular weight excluding hydrogens is 348 g/mol. The number of rotatable bonds is 8. The monoisotopic (exact) mass is 366 g/mol. The molecule has 0 fully saturated rings. The Bertz CT molecular complexity index is 630. The third-order valence-electron chi connectivity index (χ3n) is 3.14. The van der Waals surface area contributed by atoms with Crippen LogP contribution in [0.2, 0.25) is 0 Å². The van der Waals surface area contributed by atoms with Crippen molar-refractivity contribution >= 4 is 21.8 Å². The van der Waals surface area contributed by atoms with E-state index < -0.39 is 0 Å². The van der Waals surface area contributed by atoms with Crippen LogP contribution < -0.4 is 5.73 Å². The zero-order valence-electron chi connectivity index (χ0n) is 12.5. The molecule has 0 atom stereocenters. The zero-order chi connectivity index (χ0) is 15.9. The minimum Gasteiger partial charge on any atom is -0.419 e. The van der Waals surface area contributed by atoms with Gasteiger partial charge in [-0.05, 0) is 41.0 Å². The van der Waals surface area contributed by atoms with Gasteiger partial charge in [0.2, 0.25) is 17.7 Å². The maximum atomic E-state index is 11.1. The van der Waals surface area contributed by atoms with E-state index in [4.69, 9.17) is 10.2 Å². The van der Waals surface area contributed by atoms with Crippen LogP contribution in [-0.4, -0.2) is 34.1 Å². The highest BCUT2D eigenvalue weighted by molar-refractivity contribution is 9.10. The smallest absolute Gasteiger partial charge is 0.248 e. The molecule has 1 heterocycles. The second-order valence-corrected chi connectivity index (χ2v) is 5.87. The van der Waals surface area contributed by atoms with Crippen molar-refractivity contribution in [1.82, 2.24) is 15.1 Å². The van der Waals surface area contributed by atoms with Crippen molar-refractivity contribution in [3.63, 3.8) is 0 Å². The van der Waals surface area contributed by atoms with Crippen LogP contribution in [0.5, 0.6) is 0 Å². The molecule has 0 bridgehead atoms. The summed E-state index contributed by atoms with van der Waals surface area (Å²) in [6, 6.07) is 7.65. The maximum Gasteiger partial charge on any atom is 0.248 e. The van der Waals surface area contributed by atoms with E-state index in [1.165, 1.54) is 0 Å². The summed E-state index contributed by atoms with van der Waals surface area (Å²) in [6.07, 6.45) is 2.03. The first kappa shape index (κ1) is 16.6. The van der Waals surface area contributed by atoms with Gasteiger partial charge in [-0.25, -0.2) is 0 Å². The Balaban J connectivity index is 2.09. The molecule has 118 valence electrons. The molecule has 2 N–H and O–H groups in total. The van der Waals surface area contributed by atoms with E-state index in [1.54, 1.807) is 0 Å². The molecule has 6 nitrogen and oxygen atoms in total. The molecule has 22 heavy (non-hydrogen) atoms. The summed E-state index contributed by atoms with van der Waals surface area (Å²) < 4.78 is 6.59. The number of unbranched alkanes of at least 4 members (excludes halogenated alkanes) is 1. The number of amides is 1. The van der Waals surface area contributed by atoms with Gasteiger partial charge >= 0.3 is 0 Å². The molecule has 0 aliphatic heterocycles. The summed E-state index contributed by atoms with van der Waals surface area (Å²) in [5.41, 5.74) is 6.13. The van der Waals surface area contributed by atoms with E-state index >= 15 is 0 Å². The summed E-state index contributed by atoms with van der Waals surface area (Å²) >= 11 is 3.46. The van der Waals surface area contributed by atoms with Crippen molar-refractivity contribution < 1.29 is 9.21 Å². The lowest BCUT2D eigenvalue weighted by molar-refractivity contribution is -0.119. The Kier molecular flexibility index (Phi) is 6.09. The van der Waals surface area contributed by atoms with Crippen LogP contribution in [0.1, 0.15) is 25.7 Å². The Morgan fingerprint density at radius 1 is 1.36 bits per heavy atom. The Labute approximate surface area is 137 Å². The molecule has 0 unspecified atom stereocenters. The first-order valence-corrected chi connectivity index (χ1v) is 7.97. The van der Waals surface area contributed by atoms with Crippen molar-refractivity contribution in [2.24, 2.45) is 5.73 Å². The molecular formula is C15H19BrN4O2. The molecule has 0 aliphatic carbocycles. The van der Waals surface area contributed by atoms with Gasteiger partial charge in [0.05, 0.1) is 18.7 Å². The van der Waals surface area contributed by atoms with Crippen molar-refractivity contribution in [1.29, 1.82) is 0 Å². The quantitative estimate of drug-likeness (QED) is 0.775. The minimum absolute atomic E-state index is 0.187. The summed E-state index contributed by atoms with van der Waals surface area (Å²) in [5.74, 6) is 0.571. The average molecular weight is 367 g/mol. The highest BCUT2D eigenvalue weighted by atomic mass is 79.9. The van der Waals surface area contributed by atoms with Crippen LogP contribution in [0.25, 0.3) is 11.5 Å².